The molecule has 1 amide bonds. The lowest BCUT2D eigenvalue weighted by Crippen LogP contribution is -2.33. The fraction of sp³-hybridized carbons (Fsp3) is 0.769. The van der Waals surface area contributed by atoms with Crippen molar-refractivity contribution in [3.8, 4) is 0 Å². The molecular formula is C13H22N2O. The highest BCUT2D eigenvalue weighted by Crippen LogP contribution is 2.21. The predicted molar refractivity (Wildman–Crippen MR) is 65.2 cm³/mol. The lowest BCUT2D eigenvalue weighted by Gasteiger charge is -2.19. The minimum Gasteiger partial charge on any atom is -0.341 e. The Balaban J connectivity index is 1.82. The minimum absolute atomic E-state index is 0.325. The average molecular weight is 222 g/mol. The molecule has 1 saturated heterocycles. The summed E-state index contributed by atoms with van der Waals surface area (Å²) in [6, 6.07) is 0.504. The quantitative estimate of drug-likeness (QED) is 0.737. The van der Waals surface area contributed by atoms with Crippen LogP contribution in [0.25, 0.3) is 0 Å². The first-order chi connectivity index (χ1) is 7.79. The van der Waals surface area contributed by atoms with Crippen LogP contribution in [0.2, 0.25) is 0 Å². The zero-order valence-corrected chi connectivity index (χ0v) is 10.2. The summed E-state index contributed by atoms with van der Waals surface area (Å²) < 4.78 is 0. The van der Waals surface area contributed by atoms with Gasteiger partial charge in [-0.05, 0) is 39.2 Å². The molecule has 0 saturated carbocycles. The van der Waals surface area contributed by atoms with Crippen LogP contribution in [0.3, 0.4) is 0 Å². The van der Waals surface area contributed by atoms with Gasteiger partial charge in [-0.25, -0.2) is 0 Å². The fourth-order valence-corrected chi connectivity index (χ4v) is 2.59. The Labute approximate surface area is 97.9 Å². The first-order valence-electron chi connectivity index (χ1n) is 6.42. The highest BCUT2D eigenvalue weighted by molar-refractivity contribution is 5.79. The van der Waals surface area contributed by atoms with Gasteiger partial charge in [0.25, 0.3) is 0 Å². The number of likely N-dealkylation sites (tertiary alicyclic amines) is 1. The number of nitrogens with zero attached hydrogens (tertiary/aromatic N) is 1. The number of carbonyl (C=O) groups is 1. The van der Waals surface area contributed by atoms with Crippen LogP contribution in [0.1, 0.15) is 38.5 Å². The molecule has 2 aliphatic rings. The van der Waals surface area contributed by atoms with Crippen LogP contribution in [0.5, 0.6) is 0 Å². The van der Waals surface area contributed by atoms with Crippen LogP contribution >= 0.6 is 0 Å². The molecule has 0 aromatic carbocycles. The van der Waals surface area contributed by atoms with E-state index in [1.54, 1.807) is 0 Å². The van der Waals surface area contributed by atoms with Crippen molar-refractivity contribution in [2.24, 2.45) is 0 Å². The number of likely N-dealkylation sites (N-methyl/N-ethyl adjacent to an activating group) is 1. The number of amides is 1. The van der Waals surface area contributed by atoms with Crippen LogP contribution in [0.15, 0.2) is 11.6 Å². The van der Waals surface area contributed by atoms with E-state index >= 15 is 0 Å². The molecule has 1 heterocycles. The minimum atomic E-state index is 0.325. The number of carbonyl (C=O) groups excluding carboxylic acids is 1. The van der Waals surface area contributed by atoms with Crippen molar-refractivity contribution in [1.29, 1.82) is 0 Å². The smallest absolute Gasteiger partial charge is 0.226 e. The summed E-state index contributed by atoms with van der Waals surface area (Å²) in [4.78, 5) is 14.0. The Morgan fingerprint density at radius 3 is 3.06 bits per heavy atom. The van der Waals surface area contributed by atoms with E-state index < -0.39 is 0 Å². The molecule has 16 heavy (non-hydrogen) atoms. The first-order valence-corrected chi connectivity index (χ1v) is 6.42. The predicted octanol–water partition coefficient (Wildman–Crippen LogP) is 1.70. The summed E-state index contributed by atoms with van der Waals surface area (Å²) in [5, 5.41) is 3.24. The molecule has 0 aromatic heterocycles. The lowest BCUT2D eigenvalue weighted by molar-refractivity contribution is -0.129. The van der Waals surface area contributed by atoms with Gasteiger partial charge in [-0.3, -0.25) is 4.79 Å². The highest BCUT2D eigenvalue weighted by Gasteiger charge is 2.25. The molecule has 0 bridgehead atoms. The maximum atomic E-state index is 12.0. The molecule has 2 rings (SSSR count). The summed E-state index contributed by atoms with van der Waals surface area (Å²) >= 11 is 0. The molecule has 0 spiro atoms. The van der Waals surface area contributed by atoms with Crippen molar-refractivity contribution in [2.45, 2.75) is 44.6 Å². The van der Waals surface area contributed by atoms with Gasteiger partial charge in [0.1, 0.15) is 0 Å². The topological polar surface area (TPSA) is 32.3 Å². The van der Waals surface area contributed by atoms with Crippen molar-refractivity contribution < 1.29 is 4.79 Å². The van der Waals surface area contributed by atoms with Crippen LogP contribution in [0, 0.1) is 0 Å². The van der Waals surface area contributed by atoms with Gasteiger partial charge in [0, 0.05) is 25.6 Å². The summed E-state index contributed by atoms with van der Waals surface area (Å²) in [6.45, 7) is 1.82. The monoisotopic (exact) mass is 222 g/mol. The number of nitrogens with one attached hydrogen (secondary N) is 1. The van der Waals surface area contributed by atoms with E-state index in [4.69, 9.17) is 0 Å². The molecule has 3 heteroatoms. The average Bonchev–Trinajstić information content (AvgIpc) is 2.79. The Morgan fingerprint density at radius 2 is 2.44 bits per heavy atom. The molecular weight excluding hydrogens is 200 g/mol. The van der Waals surface area contributed by atoms with Gasteiger partial charge in [-0.1, -0.05) is 11.6 Å². The van der Waals surface area contributed by atoms with Crippen molar-refractivity contribution >= 4 is 5.91 Å². The van der Waals surface area contributed by atoms with Crippen LogP contribution in [-0.4, -0.2) is 37.0 Å². The molecule has 1 fully saturated rings. The molecule has 0 radical (unpaired) electrons. The maximum absolute atomic E-state index is 12.0. The summed E-state index contributed by atoms with van der Waals surface area (Å²) in [5.41, 5.74) is 1.36. The second-order valence-electron chi connectivity index (χ2n) is 4.90. The van der Waals surface area contributed by atoms with Crippen molar-refractivity contribution in [3.63, 3.8) is 0 Å². The maximum Gasteiger partial charge on any atom is 0.226 e. The Hall–Kier alpha value is -0.830. The van der Waals surface area contributed by atoms with Gasteiger partial charge in [0.2, 0.25) is 5.91 Å². The van der Waals surface area contributed by atoms with Gasteiger partial charge in [-0.15, -0.1) is 0 Å². The van der Waals surface area contributed by atoms with E-state index in [9.17, 15) is 4.79 Å². The molecule has 0 aromatic rings. The van der Waals surface area contributed by atoms with E-state index in [0.29, 0.717) is 18.4 Å². The Bertz CT molecular complexity index is 286. The van der Waals surface area contributed by atoms with Crippen molar-refractivity contribution in [1.82, 2.24) is 10.2 Å². The van der Waals surface area contributed by atoms with Crippen LogP contribution < -0.4 is 5.32 Å². The third kappa shape index (κ3) is 2.85. The van der Waals surface area contributed by atoms with E-state index in [0.717, 1.165) is 25.9 Å². The normalized spacial score (nSPS) is 25.7. The first kappa shape index (κ1) is 11.6. The SMILES string of the molecule is CNC1CCN(C(=O)CC2=CCCCC2)C1. The lowest BCUT2D eigenvalue weighted by atomic mass is 9.97. The zero-order chi connectivity index (χ0) is 11.4. The Morgan fingerprint density at radius 1 is 1.56 bits per heavy atom. The summed E-state index contributed by atoms with van der Waals surface area (Å²) in [5.74, 6) is 0.325. The van der Waals surface area contributed by atoms with E-state index in [1.165, 1.54) is 24.8 Å². The van der Waals surface area contributed by atoms with Crippen LogP contribution in [-0.2, 0) is 4.79 Å². The van der Waals surface area contributed by atoms with E-state index in [1.807, 2.05) is 11.9 Å². The standard InChI is InChI=1S/C13H22N2O/c1-14-12-7-8-15(10-12)13(16)9-11-5-3-2-4-6-11/h5,12,14H,2-4,6-10H2,1H3. The summed E-state index contributed by atoms with van der Waals surface area (Å²) in [7, 11) is 1.97. The van der Waals surface area contributed by atoms with Crippen LogP contribution in [0.4, 0.5) is 0 Å². The molecule has 1 unspecified atom stereocenters. The molecule has 1 aliphatic heterocycles. The number of allylic oxidation sites excluding steroid dienone is 1. The number of hydrogen-bond donors (Lipinski definition) is 1. The van der Waals surface area contributed by atoms with E-state index in [-0.39, 0.29) is 0 Å². The molecule has 90 valence electrons. The zero-order valence-electron chi connectivity index (χ0n) is 10.2. The second kappa shape index (κ2) is 5.48. The van der Waals surface area contributed by atoms with Gasteiger partial charge in [0.05, 0.1) is 0 Å². The molecule has 1 N–H and O–H groups in total. The van der Waals surface area contributed by atoms with Crippen molar-refractivity contribution in [3.05, 3.63) is 11.6 Å². The number of rotatable bonds is 3. The number of hydrogen-bond acceptors (Lipinski definition) is 2. The molecule has 1 atom stereocenters. The van der Waals surface area contributed by atoms with Crippen molar-refractivity contribution in [2.75, 3.05) is 20.1 Å². The van der Waals surface area contributed by atoms with Gasteiger partial charge in [0.15, 0.2) is 0 Å². The van der Waals surface area contributed by atoms with Gasteiger partial charge < -0.3 is 10.2 Å². The van der Waals surface area contributed by atoms with Gasteiger partial charge in [-0.2, -0.15) is 0 Å². The van der Waals surface area contributed by atoms with E-state index in [2.05, 4.69) is 11.4 Å². The largest absolute Gasteiger partial charge is 0.341 e. The fourth-order valence-electron chi connectivity index (χ4n) is 2.59. The third-order valence-electron chi connectivity index (χ3n) is 3.71. The third-order valence-corrected chi connectivity index (χ3v) is 3.71. The summed E-state index contributed by atoms with van der Waals surface area (Å²) in [6.07, 6.45) is 8.89. The Kier molecular flexibility index (Phi) is 3.99. The second-order valence-corrected chi connectivity index (χ2v) is 4.90. The molecule has 1 aliphatic carbocycles. The van der Waals surface area contributed by atoms with Gasteiger partial charge >= 0.3 is 0 Å². The highest BCUT2D eigenvalue weighted by atomic mass is 16.2. The molecule has 3 nitrogen and oxygen atoms in total.